The minimum atomic E-state index is -1.47. The second-order valence-corrected chi connectivity index (χ2v) is 6.86. The summed E-state index contributed by atoms with van der Waals surface area (Å²) in [6.07, 6.45) is -3.79. The molecule has 2 aromatic rings. The van der Waals surface area contributed by atoms with Crippen molar-refractivity contribution < 1.29 is 29.9 Å². The summed E-state index contributed by atoms with van der Waals surface area (Å²) in [5.41, 5.74) is 1.95. The smallest absolute Gasteiger partial charge is 0.229 e. The summed E-state index contributed by atoms with van der Waals surface area (Å²) >= 11 is 0. The van der Waals surface area contributed by atoms with E-state index in [1.165, 1.54) is 0 Å². The molecule has 0 spiro atoms. The van der Waals surface area contributed by atoms with E-state index in [-0.39, 0.29) is 0 Å². The Morgan fingerprint density at radius 2 is 1.92 bits per heavy atom. The molecular weight excluding hydrogens is 340 g/mol. The van der Waals surface area contributed by atoms with Gasteiger partial charge in [-0.2, -0.15) is 0 Å². The average Bonchev–Trinajstić information content (AvgIpc) is 3.04. The molecule has 8 nitrogen and oxygen atoms in total. The minimum Gasteiger partial charge on any atom is -0.461 e. The quantitative estimate of drug-likeness (QED) is 0.465. The number of H-pyrrole nitrogens is 1. The summed E-state index contributed by atoms with van der Waals surface area (Å²) in [7, 11) is 4.00. The fourth-order valence-electron chi connectivity index (χ4n) is 3.15. The number of fused-ring (bicyclic) bond motifs is 1. The first kappa shape index (κ1) is 19.1. The molecule has 1 aromatic carbocycles. The molecule has 0 bridgehead atoms. The summed E-state index contributed by atoms with van der Waals surface area (Å²) in [4.78, 5) is 5.29. The van der Waals surface area contributed by atoms with Gasteiger partial charge in [0.25, 0.3) is 0 Å². The van der Waals surface area contributed by atoms with Crippen molar-refractivity contribution in [2.24, 2.45) is 0 Å². The molecule has 1 fully saturated rings. The molecule has 144 valence electrons. The van der Waals surface area contributed by atoms with Gasteiger partial charge < -0.3 is 39.8 Å². The van der Waals surface area contributed by atoms with Crippen LogP contribution in [0.3, 0.4) is 0 Å². The van der Waals surface area contributed by atoms with Crippen molar-refractivity contribution in [1.29, 1.82) is 0 Å². The van der Waals surface area contributed by atoms with Crippen molar-refractivity contribution in [2.75, 3.05) is 27.2 Å². The number of hydrogen-bond acceptors (Lipinski definition) is 7. The van der Waals surface area contributed by atoms with Crippen LogP contribution in [-0.4, -0.2) is 88.3 Å². The number of aromatic nitrogens is 1. The number of aliphatic hydroxyl groups excluding tert-OH is 4. The van der Waals surface area contributed by atoms with E-state index in [1.807, 2.05) is 32.4 Å². The number of likely N-dealkylation sites (N-methyl/N-ethyl adjacent to an activating group) is 1. The zero-order chi connectivity index (χ0) is 18.8. The van der Waals surface area contributed by atoms with Crippen molar-refractivity contribution in [3.63, 3.8) is 0 Å². The van der Waals surface area contributed by atoms with Gasteiger partial charge in [0.15, 0.2) is 0 Å². The number of nitrogens with one attached hydrogen (secondary N) is 1. The van der Waals surface area contributed by atoms with Gasteiger partial charge in [-0.1, -0.05) is 6.07 Å². The average molecular weight is 366 g/mol. The highest BCUT2D eigenvalue weighted by molar-refractivity contribution is 5.89. The van der Waals surface area contributed by atoms with E-state index in [0.29, 0.717) is 5.75 Å². The molecule has 3 rings (SSSR count). The summed E-state index contributed by atoms with van der Waals surface area (Å²) in [6.45, 7) is 0.370. The first-order valence-corrected chi connectivity index (χ1v) is 8.63. The van der Waals surface area contributed by atoms with E-state index >= 15 is 0 Å². The third-order valence-electron chi connectivity index (χ3n) is 4.67. The van der Waals surface area contributed by atoms with Crippen LogP contribution in [-0.2, 0) is 11.2 Å². The Morgan fingerprint density at radius 1 is 1.15 bits per heavy atom. The van der Waals surface area contributed by atoms with E-state index in [4.69, 9.17) is 9.47 Å². The number of ether oxygens (including phenoxy) is 2. The zero-order valence-corrected chi connectivity index (χ0v) is 14.9. The lowest BCUT2D eigenvalue weighted by atomic mass is 9.99. The lowest BCUT2D eigenvalue weighted by Crippen LogP contribution is -2.60. The monoisotopic (exact) mass is 366 g/mol. The lowest BCUT2D eigenvalue weighted by Gasteiger charge is -2.39. The summed E-state index contributed by atoms with van der Waals surface area (Å²) in [5, 5.41) is 40.2. The first-order valence-electron chi connectivity index (χ1n) is 8.63. The van der Waals surface area contributed by atoms with Crippen molar-refractivity contribution in [2.45, 2.75) is 37.1 Å². The van der Waals surface area contributed by atoms with Gasteiger partial charge >= 0.3 is 0 Å². The fraction of sp³-hybridized carbons (Fsp3) is 0.556. The highest BCUT2D eigenvalue weighted by Crippen LogP contribution is 2.32. The predicted molar refractivity (Wildman–Crippen MR) is 95.0 cm³/mol. The maximum Gasteiger partial charge on any atom is 0.229 e. The van der Waals surface area contributed by atoms with E-state index in [0.717, 1.165) is 29.4 Å². The Labute approximate surface area is 151 Å². The van der Waals surface area contributed by atoms with Crippen molar-refractivity contribution in [1.82, 2.24) is 9.88 Å². The van der Waals surface area contributed by atoms with E-state index in [2.05, 4.69) is 9.88 Å². The maximum atomic E-state index is 10.2. The van der Waals surface area contributed by atoms with E-state index in [1.54, 1.807) is 6.07 Å². The van der Waals surface area contributed by atoms with Gasteiger partial charge in [0.05, 0.1) is 6.61 Å². The Kier molecular flexibility index (Phi) is 5.81. The van der Waals surface area contributed by atoms with Crippen LogP contribution in [0.1, 0.15) is 5.56 Å². The molecule has 1 saturated heterocycles. The number of rotatable bonds is 6. The predicted octanol–water partition coefficient (Wildman–Crippen LogP) is -0.549. The number of hydrogen-bond donors (Lipinski definition) is 5. The lowest BCUT2D eigenvalue weighted by molar-refractivity contribution is -0.277. The van der Waals surface area contributed by atoms with Crippen LogP contribution in [0.2, 0.25) is 0 Å². The normalized spacial score (nSPS) is 29.4. The van der Waals surface area contributed by atoms with Gasteiger partial charge in [-0.25, -0.2) is 0 Å². The van der Waals surface area contributed by atoms with Crippen LogP contribution in [0.5, 0.6) is 5.75 Å². The van der Waals surface area contributed by atoms with E-state index in [9.17, 15) is 20.4 Å². The molecule has 2 heterocycles. The number of aromatic amines is 1. The van der Waals surface area contributed by atoms with Crippen LogP contribution in [0.15, 0.2) is 24.4 Å². The van der Waals surface area contributed by atoms with Gasteiger partial charge in [0.1, 0.15) is 30.2 Å². The molecule has 5 atom stereocenters. The molecule has 5 N–H and O–H groups in total. The maximum absolute atomic E-state index is 10.2. The molecular formula is C18H26N2O6. The van der Waals surface area contributed by atoms with Crippen LogP contribution in [0.25, 0.3) is 10.9 Å². The van der Waals surface area contributed by atoms with Gasteiger partial charge in [0, 0.05) is 23.6 Å². The summed E-state index contributed by atoms with van der Waals surface area (Å²) < 4.78 is 11.3. The zero-order valence-electron chi connectivity index (χ0n) is 14.9. The third-order valence-corrected chi connectivity index (χ3v) is 4.67. The fourth-order valence-corrected chi connectivity index (χ4v) is 3.15. The molecule has 8 heteroatoms. The van der Waals surface area contributed by atoms with Gasteiger partial charge in [0.2, 0.25) is 6.29 Å². The Morgan fingerprint density at radius 3 is 2.62 bits per heavy atom. The Bertz CT molecular complexity index is 732. The second kappa shape index (κ2) is 7.91. The van der Waals surface area contributed by atoms with Crippen LogP contribution < -0.4 is 4.74 Å². The molecule has 1 aliphatic rings. The van der Waals surface area contributed by atoms with Crippen LogP contribution >= 0.6 is 0 Å². The van der Waals surface area contributed by atoms with Crippen molar-refractivity contribution in [3.8, 4) is 5.75 Å². The molecule has 0 radical (unpaired) electrons. The SMILES string of the molecule is CN(C)CCc1c[nH]c2cccc(O[C@@H]3OC(CO)[C@H](O)C(O)C3O)c12. The number of aliphatic hydroxyl groups is 4. The molecule has 0 aliphatic carbocycles. The van der Waals surface area contributed by atoms with Gasteiger partial charge in [-0.15, -0.1) is 0 Å². The number of benzene rings is 1. The van der Waals surface area contributed by atoms with Crippen LogP contribution in [0, 0.1) is 0 Å². The highest BCUT2D eigenvalue weighted by atomic mass is 16.7. The third kappa shape index (κ3) is 3.71. The Hall–Kier alpha value is -1.68. The van der Waals surface area contributed by atoms with Crippen LogP contribution in [0.4, 0.5) is 0 Å². The summed E-state index contributed by atoms with van der Waals surface area (Å²) in [6, 6.07) is 5.50. The van der Waals surface area contributed by atoms with Crippen molar-refractivity contribution >= 4 is 10.9 Å². The Balaban J connectivity index is 1.87. The van der Waals surface area contributed by atoms with E-state index < -0.39 is 37.3 Å². The molecule has 1 aromatic heterocycles. The second-order valence-electron chi connectivity index (χ2n) is 6.86. The first-order chi connectivity index (χ1) is 12.4. The molecule has 26 heavy (non-hydrogen) atoms. The molecule has 0 saturated carbocycles. The number of nitrogens with zero attached hydrogens (tertiary/aromatic N) is 1. The van der Waals surface area contributed by atoms with Crippen molar-refractivity contribution in [3.05, 3.63) is 30.0 Å². The minimum absolute atomic E-state index is 0.493. The van der Waals surface area contributed by atoms with Gasteiger partial charge in [-0.3, -0.25) is 0 Å². The summed E-state index contributed by atoms with van der Waals surface area (Å²) in [5.74, 6) is 0.502. The largest absolute Gasteiger partial charge is 0.461 e. The molecule has 3 unspecified atom stereocenters. The standard InChI is InChI=1S/C18H26N2O6/c1-20(2)7-6-10-8-19-11-4-3-5-12(14(10)11)25-18-17(24)16(23)15(22)13(9-21)26-18/h3-5,8,13,15-19,21-24H,6-7,9H2,1-2H3/t13?,15-,16?,17?,18+/m0/s1. The highest BCUT2D eigenvalue weighted by Gasteiger charge is 2.44. The topological polar surface area (TPSA) is 118 Å². The molecule has 1 aliphatic heterocycles. The molecule has 0 amide bonds. The van der Waals surface area contributed by atoms with Gasteiger partial charge in [-0.05, 0) is 38.2 Å².